The zero-order valence-electron chi connectivity index (χ0n) is 19.8. The van der Waals surface area contributed by atoms with Crippen molar-refractivity contribution in [1.29, 1.82) is 0 Å². The number of benzene rings is 2. The number of nitrogens with one attached hydrogen (secondary N) is 2. The van der Waals surface area contributed by atoms with Crippen LogP contribution in [0, 0.1) is 0 Å². The first-order valence-corrected chi connectivity index (χ1v) is 13.1. The predicted octanol–water partition coefficient (Wildman–Crippen LogP) is 5.01. The Balaban J connectivity index is 1.64. The molecule has 7 nitrogen and oxygen atoms in total. The minimum absolute atomic E-state index is 0.143. The molecular formula is C26H30N2O5S. The summed E-state index contributed by atoms with van der Waals surface area (Å²) in [4.78, 5) is 3.72. The summed E-state index contributed by atoms with van der Waals surface area (Å²) >= 11 is 0. The number of ether oxygens (including phenoxy) is 3. The normalized spacial score (nSPS) is 16.6. The SMILES string of the molecule is COC[C@H](C)Oc1cc(Oc2ccc(S(C)(=O)=O)cc2)cc(-c2ccc(C3=CC[C@H](C)N3)[nH]2)c1. The molecule has 0 saturated heterocycles. The largest absolute Gasteiger partial charge is 0.488 e. The summed E-state index contributed by atoms with van der Waals surface area (Å²) in [5.41, 5.74) is 3.96. The maximum Gasteiger partial charge on any atom is 0.175 e. The van der Waals surface area contributed by atoms with Gasteiger partial charge in [-0.25, -0.2) is 8.42 Å². The maximum absolute atomic E-state index is 11.7. The number of methoxy groups -OCH3 is 1. The molecule has 0 unspecified atom stereocenters. The van der Waals surface area contributed by atoms with Crippen LogP contribution in [0.1, 0.15) is 26.0 Å². The van der Waals surface area contributed by atoms with Crippen LogP contribution in [0.15, 0.2) is 65.6 Å². The minimum atomic E-state index is -3.27. The van der Waals surface area contributed by atoms with Crippen molar-refractivity contribution in [2.75, 3.05) is 20.0 Å². The maximum atomic E-state index is 11.7. The molecule has 3 aromatic rings. The molecule has 0 aliphatic carbocycles. The summed E-state index contributed by atoms with van der Waals surface area (Å²) in [6.07, 6.45) is 4.23. The van der Waals surface area contributed by atoms with Crippen LogP contribution < -0.4 is 14.8 Å². The zero-order valence-corrected chi connectivity index (χ0v) is 20.6. The van der Waals surface area contributed by atoms with E-state index in [-0.39, 0.29) is 11.0 Å². The Hall–Kier alpha value is -3.23. The third-order valence-corrected chi connectivity index (χ3v) is 6.60. The zero-order chi connectivity index (χ0) is 24.3. The molecule has 180 valence electrons. The molecule has 1 aliphatic heterocycles. The average Bonchev–Trinajstić information content (AvgIpc) is 3.43. The van der Waals surface area contributed by atoms with Crippen LogP contribution >= 0.6 is 0 Å². The van der Waals surface area contributed by atoms with Crippen molar-refractivity contribution < 1.29 is 22.6 Å². The molecule has 1 aromatic heterocycles. The third-order valence-electron chi connectivity index (χ3n) is 5.47. The van der Waals surface area contributed by atoms with Gasteiger partial charge in [-0.1, -0.05) is 6.08 Å². The first-order chi connectivity index (χ1) is 16.2. The Labute approximate surface area is 200 Å². The summed E-state index contributed by atoms with van der Waals surface area (Å²) in [5.74, 6) is 1.75. The highest BCUT2D eigenvalue weighted by molar-refractivity contribution is 7.90. The fraction of sp³-hybridized carbons (Fsp3) is 0.308. The summed E-state index contributed by atoms with van der Waals surface area (Å²) < 4.78 is 40.8. The first kappa shape index (κ1) is 23.9. The summed E-state index contributed by atoms with van der Waals surface area (Å²) in [7, 11) is -1.63. The Morgan fingerprint density at radius 3 is 2.35 bits per heavy atom. The molecule has 1 aliphatic rings. The van der Waals surface area contributed by atoms with Crippen molar-refractivity contribution >= 4 is 15.5 Å². The van der Waals surface area contributed by atoms with E-state index < -0.39 is 9.84 Å². The van der Waals surface area contributed by atoms with E-state index in [1.54, 1.807) is 19.2 Å². The molecule has 2 aromatic carbocycles. The molecule has 0 saturated carbocycles. The van der Waals surface area contributed by atoms with Gasteiger partial charge in [-0.05, 0) is 68.8 Å². The second kappa shape index (κ2) is 9.95. The summed E-state index contributed by atoms with van der Waals surface area (Å²) in [6, 6.07) is 16.6. The van der Waals surface area contributed by atoms with E-state index >= 15 is 0 Å². The Morgan fingerprint density at radius 1 is 1.00 bits per heavy atom. The number of hydrogen-bond donors (Lipinski definition) is 2. The smallest absolute Gasteiger partial charge is 0.175 e. The van der Waals surface area contributed by atoms with Crippen molar-refractivity contribution in [2.24, 2.45) is 0 Å². The topological polar surface area (TPSA) is 89.7 Å². The van der Waals surface area contributed by atoms with Crippen LogP contribution in [-0.2, 0) is 14.6 Å². The highest BCUT2D eigenvalue weighted by Crippen LogP contribution is 2.34. The van der Waals surface area contributed by atoms with Crippen LogP contribution in [-0.4, -0.2) is 45.5 Å². The number of aromatic nitrogens is 1. The molecule has 0 fully saturated rings. The van der Waals surface area contributed by atoms with Gasteiger partial charge in [0, 0.05) is 36.7 Å². The second-order valence-corrected chi connectivity index (χ2v) is 10.6. The number of H-pyrrole nitrogens is 1. The highest BCUT2D eigenvalue weighted by Gasteiger charge is 2.16. The molecule has 2 heterocycles. The quantitative estimate of drug-likeness (QED) is 0.445. The van der Waals surface area contributed by atoms with Crippen LogP contribution in [0.25, 0.3) is 17.0 Å². The Morgan fingerprint density at radius 2 is 1.71 bits per heavy atom. The van der Waals surface area contributed by atoms with Crippen molar-refractivity contribution in [3.63, 3.8) is 0 Å². The number of hydrogen-bond acceptors (Lipinski definition) is 6. The van der Waals surface area contributed by atoms with Gasteiger partial charge in [0.25, 0.3) is 0 Å². The van der Waals surface area contributed by atoms with Gasteiger partial charge in [0.15, 0.2) is 9.84 Å². The van der Waals surface area contributed by atoms with Crippen molar-refractivity contribution in [2.45, 2.75) is 37.3 Å². The van der Waals surface area contributed by atoms with Crippen LogP contribution in [0.5, 0.6) is 17.2 Å². The lowest BCUT2D eigenvalue weighted by Crippen LogP contribution is -2.18. The monoisotopic (exact) mass is 482 g/mol. The van der Waals surface area contributed by atoms with Gasteiger partial charge in [-0.2, -0.15) is 0 Å². The lowest BCUT2D eigenvalue weighted by Gasteiger charge is -2.16. The lowest BCUT2D eigenvalue weighted by molar-refractivity contribution is 0.0920. The van der Waals surface area contributed by atoms with Gasteiger partial charge < -0.3 is 24.5 Å². The van der Waals surface area contributed by atoms with E-state index in [4.69, 9.17) is 14.2 Å². The molecule has 4 rings (SSSR count). The fourth-order valence-corrected chi connectivity index (χ4v) is 4.46. The molecule has 0 spiro atoms. The summed E-state index contributed by atoms with van der Waals surface area (Å²) in [5, 5.41) is 3.47. The highest BCUT2D eigenvalue weighted by atomic mass is 32.2. The van der Waals surface area contributed by atoms with E-state index in [2.05, 4.69) is 29.4 Å². The third kappa shape index (κ3) is 5.81. The second-order valence-electron chi connectivity index (χ2n) is 8.61. The van der Waals surface area contributed by atoms with E-state index in [1.165, 1.54) is 18.4 Å². The van der Waals surface area contributed by atoms with Crippen molar-refractivity contribution in [1.82, 2.24) is 10.3 Å². The van der Waals surface area contributed by atoms with E-state index in [1.807, 2.05) is 31.2 Å². The number of rotatable bonds is 9. The van der Waals surface area contributed by atoms with Gasteiger partial charge in [-0.3, -0.25) is 0 Å². The Kier molecular flexibility index (Phi) is 7.00. The van der Waals surface area contributed by atoms with Gasteiger partial charge in [0.2, 0.25) is 0 Å². The molecule has 2 N–H and O–H groups in total. The molecule has 2 atom stereocenters. The first-order valence-electron chi connectivity index (χ1n) is 11.2. The van der Waals surface area contributed by atoms with Crippen LogP contribution in [0.3, 0.4) is 0 Å². The van der Waals surface area contributed by atoms with Gasteiger partial charge >= 0.3 is 0 Å². The standard InChI is InChI=1S/C26H30N2O5S/c1-17-5-10-25(27-17)26-12-11-24(28-26)19-13-21(32-18(2)16-31-3)15-22(14-19)33-20-6-8-23(9-7-20)34(4,29)30/h6-15,17-18,27-28H,5,16H2,1-4H3/t17-,18-/m0/s1. The molecule has 0 bridgehead atoms. The molecular weight excluding hydrogens is 452 g/mol. The van der Waals surface area contributed by atoms with Gasteiger partial charge in [-0.15, -0.1) is 0 Å². The fourth-order valence-electron chi connectivity index (χ4n) is 3.83. The van der Waals surface area contributed by atoms with Crippen LogP contribution in [0.4, 0.5) is 0 Å². The van der Waals surface area contributed by atoms with Crippen molar-refractivity contribution in [3.8, 4) is 28.5 Å². The number of aromatic amines is 1. The predicted molar refractivity (Wildman–Crippen MR) is 133 cm³/mol. The average molecular weight is 483 g/mol. The molecule has 0 radical (unpaired) electrons. The lowest BCUT2D eigenvalue weighted by atomic mass is 10.1. The summed E-state index contributed by atoms with van der Waals surface area (Å²) in [6.45, 7) is 4.55. The molecule has 8 heteroatoms. The molecule has 34 heavy (non-hydrogen) atoms. The van der Waals surface area contributed by atoms with E-state index in [0.29, 0.717) is 29.9 Å². The van der Waals surface area contributed by atoms with Crippen LogP contribution in [0.2, 0.25) is 0 Å². The molecule has 0 amide bonds. The Bertz CT molecular complexity index is 1280. The van der Waals surface area contributed by atoms with Gasteiger partial charge in [0.05, 0.1) is 22.9 Å². The number of sulfone groups is 1. The minimum Gasteiger partial charge on any atom is -0.488 e. The van der Waals surface area contributed by atoms with Crippen molar-refractivity contribution in [3.05, 3.63) is 66.4 Å². The van der Waals surface area contributed by atoms with E-state index in [0.717, 1.165) is 29.1 Å². The van der Waals surface area contributed by atoms with E-state index in [9.17, 15) is 8.42 Å². The van der Waals surface area contributed by atoms with Gasteiger partial charge in [0.1, 0.15) is 23.4 Å².